The summed E-state index contributed by atoms with van der Waals surface area (Å²) in [6.07, 6.45) is 0. The molecule has 0 aromatic rings. The second-order valence-electron chi connectivity index (χ2n) is 2.73. The van der Waals surface area contributed by atoms with E-state index >= 15 is 0 Å². The van der Waals surface area contributed by atoms with Crippen LogP contribution in [-0.4, -0.2) is 51.3 Å². The Balaban J connectivity index is 0. The molecule has 0 fully saturated rings. The summed E-state index contributed by atoms with van der Waals surface area (Å²) in [5.74, 6) is 0. The summed E-state index contributed by atoms with van der Waals surface area (Å²) in [5.41, 5.74) is 0. The van der Waals surface area contributed by atoms with Gasteiger partial charge in [-0.1, -0.05) is 20.8 Å². The van der Waals surface area contributed by atoms with Crippen LogP contribution in [0.3, 0.4) is 0 Å². The molecule has 0 aromatic carbocycles. The minimum Gasteiger partial charge on any atom is -0.380 e. The molecule has 0 saturated carbocycles. The van der Waals surface area contributed by atoms with Crippen molar-refractivity contribution in [2.24, 2.45) is 0 Å². The number of ether oxygens (including phenoxy) is 1. The minimum atomic E-state index is 0.823. The van der Waals surface area contributed by atoms with E-state index in [-0.39, 0.29) is 0 Å². The molecule has 3 heteroatoms. The molecule has 0 amide bonds. The first-order valence-electron chi connectivity index (χ1n) is 5.79. The highest BCUT2D eigenvalue weighted by Crippen LogP contribution is 1.86. The molecule has 0 aliphatic rings. The lowest BCUT2D eigenvalue weighted by molar-refractivity contribution is 0.116. The lowest BCUT2D eigenvalue weighted by Crippen LogP contribution is -2.33. The van der Waals surface area contributed by atoms with Crippen molar-refractivity contribution in [1.82, 2.24) is 10.2 Å². The fourth-order valence-electron chi connectivity index (χ4n) is 1.04. The second kappa shape index (κ2) is 15.4. The molecule has 0 heterocycles. The van der Waals surface area contributed by atoms with Crippen molar-refractivity contribution in [3.63, 3.8) is 0 Å². The largest absolute Gasteiger partial charge is 0.380 e. The maximum Gasteiger partial charge on any atom is 0.0593 e. The summed E-state index contributed by atoms with van der Waals surface area (Å²) in [6.45, 7) is 14.2. The topological polar surface area (TPSA) is 24.5 Å². The lowest BCUT2D eigenvalue weighted by atomic mass is 10.4. The van der Waals surface area contributed by atoms with Crippen LogP contribution in [0.25, 0.3) is 0 Å². The monoisotopic (exact) mass is 204 g/mol. The summed E-state index contributed by atoms with van der Waals surface area (Å²) in [7, 11) is 1.98. The zero-order valence-corrected chi connectivity index (χ0v) is 10.6. The van der Waals surface area contributed by atoms with Crippen LogP contribution in [0.1, 0.15) is 27.7 Å². The van der Waals surface area contributed by atoms with Gasteiger partial charge in [-0.05, 0) is 20.5 Å². The molecule has 0 bridgehead atoms. The summed E-state index contributed by atoms with van der Waals surface area (Å²) in [5, 5.41) is 3.14. The molecule has 0 rings (SSSR count). The van der Waals surface area contributed by atoms with E-state index in [4.69, 9.17) is 4.74 Å². The molecule has 0 aliphatic heterocycles. The molecule has 0 radical (unpaired) electrons. The van der Waals surface area contributed by atoms with E-state index in [1.54, 1.807) is 0 Å². The smallest absolute Gasteiger partial charge is 0.0593 e. The van der Waals surface area contributed by atoms with E-state index < -0.39 is 0 Å². The molecular weight excluding hydrogens is 176 g/mol. The highest BCUT2D eigenvalue weighted by Gasteiger charge is 1.99. The Kier molecular flexibility index (Phi) is 17.9. The summed E-state index contributed by atoms with van der Waals surface area (Å²) >= 11 is 0. The Morgan fingerprint density at radius 2 is 1.79 bits per heavy atom. The Hall–Kier alpha value is -0.120. The van der Waals surface area contributed by atoms with Crippen molar-refractivity contribution in [2.45, 2.75) is 27.7 Å². The number of hydrogen-bond acceptors (Lipinski definition) is 3. The molecule has 0 unspecified atom stereocenters. The van der Waals surface area contributed by atoms with Crippen molar-refractivity contribution < 1.29 is 4.74 Å². The Morgan fingerprint density at radius 1 is 1.14 bits per heavy atom. The van der Waals surface area contributed by atoms with Crippen molar-refractivity contribution in [1.29, 1.82) is 0 Å². The third kappa shape index (κ3) is 11.9. The van der Waals surface area contributed by atoms with Crippen molar-refractivity contribution >= 4 is 0 Å². The average molecular weight is 204 g/mol. The van der Waals surface area contributed by atoms with Gasteiger partial charge in [-0.2, -0.15) is 0 Å². The standard InChI is InChI=1S/C9H22N2O.C2H6/c1-4-11(7-6-10-3)8-9-12-5-2;1-2/h10H,4-9H2,1-3H3;1-2H3. The van der Waals surface area contributed by atoms with E-state index in [1.807, 2.05) is 27.8 Å². The Labute approximate surface area is 89.8 Å². The molecule has 0 saturated heterocycles. The minimum absolute atomic E-state index is 0.823. The third-order valence-corrected chi connectivity index (χ3v) is 1.88. The summed E-state index contributed by atoms with van der Waals surface area (Å²) < 4.78 is 5.28. The Bertz CT molecular complexity index is 89.4. The zero-order valence-electron chi connectivity index (χ0n) is 10.6. The molecule has 0 aliphatic carbocycles. The quantitative estimate of drug-likeness (QED) is 0.608. The summed E-state index contributed by atoms with van der Waals surface area (Å²) in [4.78, 5) is 2.38. The van der Waals surface area contributed by atoms with Crippen LogP contribution in [0.15, 0.2) is 0 Å². The highest BCUT2D eigenvalue weighted by atomic mass is 16.5. The normalized spacial score (nSPS) is 9.86. The second-order valence-corrected chi connectivity index (χ2v) is 2.73. The number of rotatable bonds is 8. The van der Waals surface area contributed by atoms with E-state index in [2.05, 4.69) is 17.1 Å². The van der Waals surface area contributed by atoms with Crippen LogP contribution >= 0.6 is 0 Å². The van der Waals surface area contributed by atoms with Gasteiger partial charge in [0.1, 0.15) is 0 Å². The molecule has 0 atom stereocenters. The van der Waals surface area contributed by atoms with Crippen LogP contribution in [0.4, 0.5) is 0 Å². The molecule has 0 spiro atoms. The number of nitrogens with one attached hydrogen (secondary N) is 1. The van der Waals surface area contributed by atoms with Gasteiger partial charge in [0.25, 0.3) is 0 Å². The van der Waals surface area contributed by atoms with Crippen LogP contribution in [0.2, 0.25) is 0 Å². The lowest BCUT2D eigenvalue weighted by Gasteiger charge is -2.19. The maximum atomic E-state index is 5.28. The van der Waals surface area contributed by atoms with Crippen LogP contribution in [-0.2, 0) is 4.74 Å². The maximum absolute atomic E-state index is 5.28. The predicted molar refractivity (Wildman–Crippen MR) is 63.9 cm³/mol. The number of hydrogen-bond donors (Lipinski definition) is 1. The van der Waals surface area contributed by atoms with Crippen LogP contribution < -0.4 is 5.32 Å². The molecular formula is C11H28N2O. The average Bonchev–Trinajstić information content (AvgIpc) is 2.26. The molecule has 1 N–H and O–H groups in total. The van der Waals surface area contributed by atoms with E-state index in [1.165, 1.54) is 0 Å². The third-order valence-electron chi connectivity index (χ3n) is 1.88. The van der Waals surface area contributed by atoms with E-state index in [0.29, 0.717) is 0 Å². The van der Waals surface area contributed by atoms with Gasteiger partial charge in [-0.25, -0.2) is 0 Å². The SMILES string of the molecule is CC.CCOCCN(CC)CCNC. The van der Waals surface area contributed by atoms with Gasteiger partial charge >= 0.3 is 0 Å². The van der Waals surface area contributed by atoms with Gasteiger partial charge in [-0.3, -0.25) is 0 Å². The van der Waals surface area contributed by atoms with Crippen LogP contribution in [0, 0.1) is 0 Å². The first kappa shape index (κ1) is 16.3. The zero-order chi connectivity index (χ0) is 11.2. The van der Waals surface area contributed by atoms with Gasteiger partial charge in [0, 0.05) is 26.2 Å². The van der Waals surface area contributed by atoms with Crippen molar-refractivity contribution in [3.05, 3.63) is 0 Å². The Morgan fingerprint density at radius 3 is 2.21 bits per heavy atom. The first-order chi connectivity index (χ1) is 6.85. The number of likely N-dealkylation sites (N-methyl/N-ethyl adjacent to an activating group) is 2. The number of nitrogens with zero attached hydrogens (tertiary/aromatic N) is 1. The van der Waals surface area contributed by atoms with Gasteiger partial charge in [0.2, 0.25) is 0 Å². The van der Waals surface area contributed by atoms with E-state index in [9.17, 15) is 0 Å². The fraction of sp³-hybridized carbons (Fsp3) is 1.00. The van der Waals surface area contributed by atoms with Gasteiger partial charge in [0.15, 0.2) is 0 Å². The molecule has 0 aromatic heterocycles. The van der Waals surface area contributed by atoms with E-state index in [0.717, 1.165) is 39.4 Å². The predicted octanol–water partition coefficient (Wildman–Crippen LogP) is 1.59. The molecule has 3 nitrogen and oxygen atoms in total. The van der Waals surface area contributed by atoms with Gasteiger partial charge in [0.05, 0.1) is 6.61 Å². The first-order valence-corrected chi connectivity index (χ1v) is 5.79. The molecule has 88 valence electrons. The fourth-order valence-corrected chi connectivity index (χ4v) is 1.04. The van der Waals surface area contributed by atoms with Crippen molar-refractivity contribution in [3.8, 4) is 0 Å². The molecule has 14 heavy (non-hydrogen) atoms. The van der Waals surface area contributed by atoms with Crippen molar-refractivity contribution in [2.75, 3.05) is 46.4 Å². The van der Waals surface area contributed by atoms with Gasteiger partial charge in [-0.15, -0.1) is 0 Å². The van der Waals surface area contributed by atoms with Gasteiger partial charge < -0.3 is 15.0 Å². The van der Waals surface area contributed by atoms with Crippen LogP contribution in [0.5, 0.6) is 0 Å². The highest BCUT2D eigenvalue weighted by molar-refractivity contribution is 4.55. The summed E-state index contributed by atoms with van der Waals surface area (Å²) in [6, 6.07) is 0.